The Balaban J connectivity index is 1.96. The van der Waals surface area contributed by atoms with E-state index in [1.165, 1.54) is 0 Å². The molecule has 0 aliphatic rings. The van der Waals surface area contributed by atoms with Crippen molar-refractivity contribution in [2.45, 2.75) is 45.7 Å². The Labute approximate surface area is 153 Å². The minimum Gasteiger partial charge on any atom is -0.350 e. The average molecular weight is 365 g/mol. The number of benzene rings is 1. The van der Waals surface area contributed by atoms with Gasteiger partial charge >= 0.3 is 0 Å². The van der Waals surface area contributed by atoms with Crippen molar-refractivity contribution in [1.82, 2.24) is 15.6 Å². The third kappa shape index (κ3) is 4.95. The molecule has 24 heavy (non-hydrogen) atoms. The standard InChI is InChI=1S/C18H25ClN4S/c1-12(13-8-6-7-9-14(13)19)22-17(20-5)21-10-16-23-15(11-24-16)18(2,3)4/h6-9,11-12H,10H2,1-5H3,(H2,20,21,22). The van der Waals surface area contributed by atoms with Gasteiger partial charge in [-0.05, 0) is 18.6 Å². The number of aromatic nitrogens is 1. The van der Waals surface area contributed by atoms with Crippen LogP contribution in [0.5, 0.6) is 0 Å². The van der Waals surface area contributed by atoms with Crippen LogP contribution in [0.25, 0.3) is 0 Å². The summed E-state index contributed by atoms with van der Waals surface area (Å²) in [5.41, 5.74) is 2.25. The minimum atomic E-state index is 0.0614. The van der Waals surface area contributed by atoms with Crippen molar-refractivity contribution in [1.29, 1.82) is 0 Å². The van der Waals surface area contributed by atoms with E-state index in [4.69, 9.17) is 16.6 Å². The van der Waals surface area contributed by atoms with Crippen molar-refractivity contribution in [2.24, 2.45) is 4.99 Å². The van der Waals surface area contributed by atoms with Crippen molar-refractivity contribution in [3.8, 4) is 0 Å². The Morgan fingerprint density at radius 3 is 2.62 bits per heavy atom. The first-order chi connectivity index (χ1) is 11.3. The van der Waals surface area contributed by atoms with Crippen LogP contribution in [0.15, 0.2) is 34.6 Å². The molecule has 2 N–H and O–H groups in total. The van der Waals surface area contributed by atoms with Crippen LogP contribution in [-0.2, 0) is 12.0 Å². The molecule has 0 aliphatic carbocycles. The topological polar surface area (TPSA) is 49.3 Å². The highest BCUT2D eigenvalue weighted by Crippen LogP contribution is 2.24. The lowest BCUT2D eigenvalue weighted by atomic mass is 9.93. The van der Waals surface area contributed by atoms with Gasteiger partial charge in [-0.1, -0.05) is 50.6 Å². The van der Waals surface area contributed by atoms with E-state index in [2.05, 4.69) is 48.7 Å². The summed E-state index contributed by atoms with van der Waals surface area (Å²) in [6.07, 6.45) is 0. The predicted molar refractivity (Wildman–Crippen MR) is 104 cm³/mol. The lowest BCUT2D eigenvalue weighted by molar-refractivity contribution is 0.570. The summed E-state index contributed by atoms with van der Waals surface area (Å²) in [6.45, 7) is 9.23. The average Bonchev–Trinajstić information content (AvgIpc) is 3.00. The van der Waals surface area contributed by atoms with E-state index < -0.39 is 0 Å². The van der Waals surface area contributed by atoms with Crippen molar-refractivity contribution in [3.05, 3.63) is 50.9 Å². The van der Waals surface area contributed by atoms with Gasteiger partial charge in [-0.2, -0.15) is 0 Å². The normalized spacial score (nSPS) is 13.7. The zero-order valence-corrected chi connectivity index (χ0v) is 16.4. The quantitative estimate of drug-likeness (QED) is 0.619. The molecule has 0 fully saturated rings. The highest BCUT2D eigenvalue weighted by atomic mass is 35.5. The molecule has 0 saturated heterocycles. The number of halogens is 1. The molecule has 6 heteroatoms. The van der Waals surface area contributed by atoms with Crippen LogP contribution in [0, 0.1) is 0 Å². The van der Waals surface area contributed by atoms with E-state index >= 15 is 0 Å². The molecule has 1 unspecified atom stereocenters. The van der Waals surface area contributed by atoms with Gasteiger partial charge < -0.3 is 10.6 Å². The first-order valence-electron chi connectivity index (χ1n) is 7.97. The van der Waals surface area contributed by atoms with E-state index in [1.807, 2.05) is 24.3 Å². The van der Waals surface area contributed by atoms with Gasteiger partial charge in [0.2, 0.25) is 0 Å². The Morgan fingerprint density at radius 2 is 2.04 bits per heavy atom. The van der Waals surface area contributed by atoms with Crippen molar-refractivity contribution >= 4 is 28.9 Å². The van der Waals surface area contributed by atoms with Gasteiger partial charge in [0.15, 0.2) is 5.96 Å². The van der Waals surface area contributed by atoms with Gasteiger partial charge in [0.05, 0.1) is 18.3 Å². The summed E-state index contributed by atoms with van der Waals surface area (Å²) in [6, 6.07) is 7.89. The Bertz CT molecular complexity index is 703. The second-order valence-electron chi connectivity index (χ2n) is 6.69. The fraction of sp³-hybridized carbons (Fsp3) is 0.444. The molecule has 0 radical (unpaired) electrons. The number of thiazole rings is 1. The van der Waals surface area contributed by atoms with Gasteiger partial charge in [-0.25, -0.2) is 4.98 Å². The van der Waals surface area contributed by atoms with Crippen LogP contribution in [0.1, 0.15) is 50.0 Å². The summed E-state index contributed by atoms with van der Waals surface area (Å²) in [5.74, 6) is 0.731. The fourth-order valence-corrected chi connectivity index (χ4v) is 3.46. The maximum absolute atomic E-state index is 6.26. The molecule has 0 bridgehead atoms. The van der Waals surface area contributed by atoms with E-state index in [-0.39, 0.29) is 11.5 Å². The second-order valence-corrected chi connectivity index (χ2v) is 8.04. The Kier molecular flexibility index (Phi) is 6.24. The molecule has 130 valence electrons. The molecule has 0 saturated carbocycles. The third-order valence-corrected chi connectivity index (χ3v) is 4.87. The van der Waals surface area contributed by atoms with Gasteiger partial charge in [0, 0.05) is 22.9 Å². The molecule has 0 spiro atoms. The number of nitrogens with one attached hydrogen (secondary N) is 2. The highest BCUT2D eigenvalue weighted by Gasteiger charge is 2.17. The van der Waals surface area contributed by atoms with Crippen LogP contribution >= 0.6 is 22.9 Å². The van der Waals surface area contributed by atoms with E-state index in [0.29, 0.717) is 6.54 Å². The summed E-state index contributed by atoms with van der Waals surface area (Å²) >= 11 is 7.92. The molecule has 2 rings (SSSR count). The second kappa shape index (κ2) is 7.99. The van der Waals surface area contributed by atoms with Crippen LogP contribution in [0.3, 0.4) is 0 Å². The number of guanidine groups is 1. The number of hydrogen-bond acceptors (Lipinski definition) is 3. The summed E-state index contributed by atoms with van der Waals surface area (Å²) in [5, 5.41) is 10.6. The smallest absolute Gasteiger partial charge is 0.191 e. The van der Waals surface area contributed by atoms with Crippen molar-refractivity contribution in [2.75, 3.05) is 7.05 Å². The SMILES string of the molecule is CN=C(NCc1nc(C(C)(C)C)cs1)NC(C)c1ccccc1Cl. The lowest BCUT2D eigenvalue weighted by Gasteiger charge is -2.19. The molecule has 1 aromatic heterocycles. The van der Waals surface area contributed by atoms with E-state index in [9.17, 15) is 0 Å². The van der Waals surface area contributed by atoms with Crippen LogP contribution in [-0.4, -0.2) is 18.0 Å². The van der Waals surface area contributed by atoms with E-state index in [0.717, 1.165) is 27.2 Å². The molecular weight excluding hydrogens is 340 g/mol. The first-order valence-corrected chi connectivity index (χ1v) is 9.23. The van der Waals surface area contributed by atoms with Crippen molar-refractivity contribution in [3.63, 3.8) is 0 Å². The van der Waals surface area contributed by atoms with Gasteiger partial charge in [0.25, 0.3) is 0 Å². The predicted octanol–water partition coefficient (Wildman–Crippen LogP) is 4.52. The zero-order chi connectivity index (χ0) is 17.7. The molecule has 0 aliphatic heterocycles. The number of aliphatic imine (C=N–C) groups is 1. The van der Waals surface area contributed by atoms with Gasteiger partial charge in [0.1, 0.15) is 5.01 Å². The highest BCUT2D eigenvalue weighted by molar-refractivity contribution is 7.09. The summed E-state index contributed by atoms with van der Waals surface area (Å²) in [7, 11) is 1.76. The van der Waals surface area contributed by atoms with Gasteiger partial charge in [-0.15, -0.1) is 11.3 Å². The van der Waals surface area contributed by atoms with Crippen LogP contribution in [0.4, 0.5) is 0 Å². The Morgan fingerprint density at radius 1 is 1.33 bits per heavy atom. The van der Waals surface area contributed by atoms with Crippen LogP contribution < -0.4 is 10.6 Å². The summed E-state index contributed by atoms with van der Waals surface area (Å²) in [4.78, 5) is 8.97. The Hall–Kier alpha value is -1.59. The van der Waals surface area contributed by atoms with Crippen LogP contribution in [0.2, 0.25) is 5.02 Å². The summed E-state index contributed by atoms with van der Waals surface area (Å²) < 4.78 is 0. The molecule has 2 aromatic rings. The molecule has 4 nitrogen and oxygen atoms in total. The fourth-order valence-electron chi connectivity index (χ4n) is 2.20. The molecule has 1 aromatic carbocycles. The zero-order valence-electron chi connectivity index (χ0n) is 14.9. The number of nitrogens with zero attached hydrogens (tertiary/aromatic N) is 2. The molecular formula is C18H25ClN4S. The largest absolute Gasteiger partial charge is 0.350 e. The minimum absolute atomic E-state index is 0.0614. The molecule has 0 amide bonds. The van der Waals surface area contributed by atoms with Crippen molar-refractivity contribution < 1.29 is 0 Å². The van der Waals surface area contributed by atoms with E-state index in [1.54, 1.807) is 18.4 Å². The maximum Gasteiger partial charge on any atom is 0.191 e. The first kappa shape index (κ1) is 18.7. The lowest BCUT2D eigenvalue weighted by Crippen LogP contribution is -2.38. The molecule has 1 atom stereocenters. The van der Waals surface area contributed by atoms with Gasteiger partial charge in [-0.3, -0.25) is 4.99 Å². The third-order valence-electron chi connectivity index (χ3n) is 3.68. The molecule has 1 heterocycles. The number of rotatable bonds is 4. The number of hydrogen-bond donors (Lipinski definition) is 2. The maximum atomic E-state index is 6.26. The monoisotopic (exact) mass is 364 g/mol.